The highest BCUT2D eigenvalue weighted by atomic mass is 32.2. The zero-order chi connectivity index (χ0) is 20.0. The molecule has 0 aliphatic heterocycles. The van der Waals surface area contributed by atoms with Crippen LogP contribution in [0.1, 0.15) is 17.3 Å². The van der Waals surface area contributed by atoms with Gasteiger partial charge in [0.2, 0.25) is 10.0 Å². The molecule has 0 bridgehead atoms. The van der Waals surface area contributed by atoms with Crippen molar-refractivity contribution in [2.45, 2.75) is 11.8 Å². The number of carbonyl (C=O) groups excluding carboxylic acids is 1. The molecule has 1 amide bonds. The van der Waals surface area contributed by atoms with Crippen LogP contribution in [0.4, 0.5) is 0 Å². The topological polar surface area (TPSA) is 145 Å². The largest absolute Gasteiger partial charge is 0.504 e. The Morgan fingerprint density at radius 1 is 1.04 bits per heavy atom. The monoisotopic (exact) mass is 396 g/mol. The molecule has 0 aromatic heterocycles. The Morgan fingerprint density at radius 3 is 2.19 bits per heavy atom. The Bertz CT molecular complexity index is 888. The van der Waals surface area contributed by atoms with Crippen LogP contribution in [0.3, 0.4) is 0 Å². The van der Waals surface area contributed by atoms with E-state index in [9.17, 15) is 28.5 Å². The van der Waals surface area contributed by atoms with E-state index in [1.165, 1.54) is 12.1 Å². The zero-order valence-corrected chi connectivity index (χ0v) is 15.3. The van der Waals surface area contributed by atoms with Gasteiger partial charge in [-0.05, 0) is 43.3 Å². The van der Waals surface area contributed by atoms with E-state index in [1.54, 1.807) is 12.1 Å². The number of benzene rings is 2. The minimum atomic E-state index is -3.74. The van der Waals surface area contributed by atoms with E-state index in [4.69, 9.17) is 4.74 Å². The van der Waals surface area contributed by atoms with Crippen LogP contribution in [0, 0.1) is 0 Å². The predicted octanol–water partition coefficient (Wildman–Crippen LogP) is 0.910. The average Bonchev–Trinajstić information content (AvgIpc) is 2.63. The molecule has 10 heteroatoms. The summed E-state index contributed by atoms with van der Waals surface area (Å²) in [4.78, 5) is 12.0. The predicted molar refractivity (Wildman–Crippen MR) is 96.6 cm³/mol. The fourth-order valence-corrected chi connectivity index (χ4v) is 3.20. The molecule has 5 N–H and O–H groups in total. The third-order valence-corrected chi connectivity index (χ3v) is 4.96. The molecule has 146 valence electrons. The summed E-state index contributed by atoms with van der Waals surface area (Å²) in [6.07, 6.45) is 0. The Labute approximate surface area is 156 Å². The van der Waals surface area contributed by atoms with Crippen molar-refractivity contribution >= 4 is 15.9 Å². The van der Waals surface area contributed by atoms with Crippen molar-refractivity contribution in [1.82, 2.24) is 10.0 Å². The minimum Gasteiger partial charge on any atom is -0.504 e. The second kappa shape index (κ2) is 8.60. The van der Waals surface area contributed by atoms with E-state index in [1.807, 2.05) is 6.92 Å². The first-order valence-corrected chi connectivity index (χ1v) is 9.48. The maximum Gasteiger partial charge on any atom is 0.251 e. The van der Waals surface area contributed by atoms with Crippen molar-refractivity contribution in [2.75, 3.05) is 19.7 Å². The Balaban J connectivity index is 1.89. The fraction of sp³-hybridized carbons (Fsp3) is 0.235. The number of amides is 1. The van der Waals surface area contributed by atoms with Crippen LogP contribution in [0.25, 0.3) is 0 Å². The molecule has 0 saturated heterocycles. The number of phenols is 3. The molecular weight excluding hydrogens is 376 g/mol. The summed E-state index contributed by atoms with van der Waals surface area (Å²) in [5.74, 6) is -2.10. The van der Waals surface area contributed by atoms with Gasteiger partial charge in [-0.25, -0.2) is 13.1 Å². The van der Waals surface area contributed by atoms with Gasteiger partial charge < -0.3 is 25.4 Å². The molecule has 0 fully saturated rings. The number of nitrogens with one attached hydrogen (secondary N) is 2. The molecular formula is C17H20N2O7S. The highest BCUT2D eigenvalue weighted by Gasteiger charge is 2.15. The maximum absolute atomic E-state index is 12.2. The SMILES string of the molecule is CCOc1ccc(S(=O)(=O)NCCNC(=O)c2cc(O)c(O)c(O)c2)cc1. The summed E-state index contributed by atoms with van der Waals surface area (Å²) in [6, 6.07) is 7.87. The first-order chi connectivity index (χ1) is 12.7. The van der Waals surface area contributed by atoms with Crippen molar-refractivity contribution in [2.24, 2.45) is 0 Å². The zero-order valence-electron chi connectivity index (χ0n) is 14.5. The van der Waals surface area contributed by atoms with Crippen molar-refractivity contribution < 1.29 is 33.3 Å². The highest BCUT2D eigenvalue weighted by molar-refractivity contribution is 7.89. The molecule has 2 aromatic carbocycles. The summed E-state index contributed by atoms with van der Waals surface area (Å²) in [5, 5.41) is 30.5. The summed E-state index contributed by atoms with van der Waals surface area (Å²) in [6.45, 7) is 2.19. The fourth-order valence-electron chi connectivity index (χ4n) is 2.16. The first-order valence-electron chi connectivity index (χ1n) is 8.00. The van der Waals surface area contributed by atoms with Crippen molar-refractivity contribution in [3.05, 3.63) is 42.0 Å². The second-order valence-corrected chi connectivity index (χ2v) is 7.19. The van der Waals surface area contributed by atoms with Gasteiger partial charge in [-0.15, -0.1) is 0 Å². The van der Waals surface area contributed by atoms with Gasteiger partial charge in [0.05, 0.1) is 11.5 Å². The lowest BCUT2D eigenvalue weighted by Crippen LogP contribution is -2.34. The molecule has 0 heterocycles. The van der Waals surface area contributed by atoms with E-state index in [0.29, 0.717) is 12.4 Å². The molecule has 0 saturated carbocycles. The number of carbonyl (C=O) groups is 1. The van der Waals surface area contributed by atoms with Crippen LogP contribution in [0.5, 0.6) is 23.0 Å². The smallest absolute Gasteiger partial charge is 0.251 e. The van der Waals surface area contributed by atoms with Crippen molar-refractivity contribution in [1.29, 1.82) is 0 Å². The molecule has 27 heavy (non-hydrogen) atoms. The van der Waals surface area contributed by atoms with Gasteiger partial charge in [-0.1, -0.05) is 0 Å². The Kier molecular flexibility index (Phi) is 6.48. The number of hydrogen-bond donors (Lipinski definition) is 5. The summed E-state index contributed by atoms with van der Waals surface area (Å²) < 4.78 is 32.0. The lowest BCUT2D eigenvalue weighted by atomic mass is 10.1. The molecule has 0 radical (unpaired) electrons. The van der Waals surface area contributed by atoms with Crippen LogP contribution >= 0.6 is 0 Å². The Morgan fingerprint density at radius 2 is 1.63 bits per heavy atom. The van der Waals surface area contributed by atoms with E-state index in [0.717, 1.165) is 12.1 Å². The molecule has 0 atom stereocenters. The van der Waals surface area contributed by atoms with Crippen LogP contribution in [-0.4, -0.2) is 49.3 Å². The molecule has 0 spiro atoms. The second-order valence-electron chi connectivity index (χ2n) is 5.42. The van der Waals surface area contributed by atoms with E-state index >= 15 is 0 Å². The summed E-state index contributed by atoms with van der Waals surface area (Å²) in [5.41, 5.74) is -0.0860. The van der Waals surface area contributed by atoms with Gasteiger partial charge in [0, 0.05) is 18.7 Å². The molecule has 2 aromatic rings. The van der Waals surface area contributed by atoms with Gasteiger partial charge in [-0.2, -0.15) is 0 Å². The minimum absolute atomic E-state index is 0.0303. The number of sulfonamides is 1. The normalized spacial score (nSPS) is 11.1. The van der Waals surface area contributed by atoms with Crippen molar-refractivity contribution in [3.63, 3.8) is 0 Å². The number of aromatic hydroxyl groups is 3. The van der Waals surface area contributed by atoms with Gasteiger partial charge in [-0.3, -0.25) is 4.79 Å². The molecule has 0 aliphatic rings. The molecule has 0 unspecified atom stereocenters. The van der Waals surface area contributed by atoms with Crippen LogP contribution < -0.4 is 14.8 Å². The number of hydrogen-bond acceptors (Lipinski definition) is 7. The lowest BCUT2D eigenvalue weighted by Gasteiger charge is -2.10. The summed E-state index contributed by atoms with van der Waals surface area (Å²) >= 11 is 0. The van der Waals surface area contributed by atoms with E-state index in [-0.39, 0.29) is 23.5 Å². The van der Waals surface area contributed by atoms with Gasteiger partial charge in [0.25, 0.3) is 5.91 Å². The molecule has 9 nitrogen and oxygen atoms in total. The third kappa shape index (κ3) is 5.25. The molecule has 2 rings (SSSR count). The summed E-state index contributed by atoms with van der Waals surface area (Å²) in [7, 11) is -3.74. The average molecular weight is 396 g/mol. The number of ether oxygens (including phenoxy) is 1. The van der Waals surface area contributed by atoms with Gasteiger partial charge in [0.1, 0.15) is 5.75 Å². The third-order valence-electron chi connectivity index (χ3n) is 3.48. The van der Waals surface area contributed by atoms with E-state index < -0.39 is 33.2 Å². The van der Waals surface area contributed by atoms with Gasteiger partial charge >= 0.3 is 0 Å². The quantitative estimate of drug-likeness (QED) is 0.329. The Hall–Kier alpha value is -2.98. The number of rotatable bonds is 8. The first kappa shape index (κ1) is 20.3. The standard InChI is InChI=1S/C17H20N2O7S/c1-2-26-12-3-5-13(6-4-12)27(24,25)19-8-7-18-17(23)11-9-14(20)16(22)15(21)10-11/h3-6,9-10,19-22H,2,7-8H2,1H3,(H,18,23). The van der Waals surface area contributed by atoms with Crippen molar-refractivity contribution in [3.8, 4) is 23.0 Å². The van der Waals surface area contributed by atoms with Crippen LogP contribution in [-0.2, 0) is 10.0 Å². The van der Waals surface area contributed by atoms with Crippen LogP contribution in [0.15, 0.2) is 41.3 Å². The molecule has 0 aliphatic carbocycles. The highest BCUT2D eigenvalue weighted by Crippen LogP contribution is 2.35. The van der Waals surface area contributed by atoms with Crippen LogP contribution in [0.2, 0.25) is 0 Å². The lowest BCUT2D eigenvalue weighted by molar-refractivity contribution is 0.0953. The number of phenolic OH excluding ortho intramolecular Hbond substituents is 3. The maximum atomic E-state index is 12.2. The van der Waals surface area contributed by atoms with Gasteiger partial charge in [0.15, 0.2) is 17.2 Å². The van der Waals surface area contributed by atoms with E-state index in [2.05, 4.69) is 10.0 Å².